The van der Waals surface area contributed by atoms with Crippen LogP contribution in [0.5, 0.6) is 0 Å². The van der Waals surface area contributed by atoms with Gasteiger partial charge < -0.3 is 5.32 Å². The largest absolute Gasteiger partial charge is 0.379 e. The van der Waals surface area contributed by atoms with Gasteiger partial charge >= 0.3 is 0 Å². The molecule has 2 rings (SSSR count). The van der Waals surface area contributed by atoms with Crippen LogP contribution in [-0.2, 0) is 0 Å². The average Bonchev–Trinajstić information content (AvgIpc) is 2.31. The molecule has 0 saturated heterocycles. The highest BCUT2D eigenvalue weighted by Crippen LogP contribution is 2.19. The van der Waals surface area contributed by atoms with Crippen molar-refractivity contribution in [1.82, 2.24) is 0 Å². The fraction of sp³-hybridized carbons (Fsp3) is 0.333. The smallest absolute Gasteiger partial charge is 0.269 e. The van der Waals surface area contributed by atoms with E-state index in [9.17, 15) is 10.1 Å². The van der Waals surface area contributed by atoms with Crippen LogP contribution in [0.15, 0.2) is 36.4 Å². The van der Waals surface area contributed by atoms with Gasteiger partial charge in [-0.15, -0.1) is 0 Å². The monoisotopic (exact) mass is 218 g/mol. The molecule has 0 spiro atoms. The SMILES string of the molecule is O=[N+]([O-])c1ccc(NC2C=CCCC2)cc1. The van der Waals surface area contributed by atoms with E-state index in [1.807, 2.05) is 0 Å². The Balaban J connectivity index is 2.02. The molecule has 0 bridgehead atoms. The van der Waals surface area contributed by atoms with Crippen LogP contribution in [0.4, 0.5) is 11.4 Å². The van der Waals surface area contributed by atoms with Gasteiger partial charge in [0.2, 0.25) is 0 Å². The minimum absolute atomic E-state index is 0.129. The molecule has 1 aromatic carbocycles. The van der Waals surface area contributed by atoms with E-state index in [-0.39, 0.29) is 10.6 Å². The molecule has 4 nitrogen and oxygen atoms in total. The van der Waals surface area contributed by atoms with Gasteiger partial charge in [0.05, 0.1) is 4.92 Å². The lowest BCUT2D eigenvalue weighted by atomic mass is 10.0. The number of nitrogens with zero attached hydrogens (tertiary/aromatic N) is 1. The van der Waals surface area contributed by atoms with E-state index >= 15 is 0 Å². The molecule has 84 valence electrons. The van der Waals surface area contributed by atoms with E-state index in [2.05, 4.69) is 17.5 Å². The predicted octanol–water partition coefficient (Wildman–Crippen LogP) is 3.12. The summed E-state index contributed by atoms with van der Waals surface area (Å²) in [6.45, 7) is 0. The van der Waals surface area contributed by atoms with Crippen molar-refractivity contribution in [1.29, 1.82) is 0 Å². The number of anilines is 1. The maximum Gasteiger partial charge on any atom is 0.269 e. The van der Waals surface area contributed by atoms with E-state index in [1.54, 1.807) is 12.1 Å². The molecule has 0 radical (unpaired) electrons. The van der Waals surface area contributed by atoms with Crippen molar-refractivity contribution in [2.75, 3.05) is 5.32 Å². The van der Waals surface area contributed by atoms with Crippen molar-refractivity contribution in [3.63, 3.8) is 0 Å². The molecular formula is C12H14N2O2. The van der Waals surface area contributed by atoms with Crippen LogP contribution in [0.25, 0.3) is 0 Å². The summed E-state index contributed by atoms with van der Waals surface area (Å²) in [6.07, 6.45) is 7.80. The summed E-state index contributed by atoms with van der Waals surface area (Å²) in [5.41, 5.74) is 1.06. The Morgan fingerprint density at radius 1 is 1.31 bits per heavy atom. The Morgan fingerprint density at radius 2 is 2.06 bits per heavy atom. The van der Waals surface area contributed by atoms with E-state index in [0.717, 1.165) is 18.5 Å². The van der Waals surface area contributed by atoms with Crippen LogP contribution in [0.1, 0.15) is 19.3 Å². The number of hydrogen-bond donors (Lipinski definition) is 1. The molecule has 0 saturated carbocycles. The first kappa shape index (κ1) is 10.7. The van der Waals surface area contributed by atoms with Crippen molar-refractivity contribution in [2.45, 2.75) is 25.3 Å². The standard InChI is InChI=1S/C12H14N2O2/c15-14(16)12-8-6-11(7-9-12)13-10-4-2-1-3-5-10/h2,4,6-10,13H,1,3,5H2. The van der Waals surface area contributed by atoms with Gasteiger partial charge in [-0.25, -0.2) is 0 Å². The number of non-ortho nitro benzene ring substituents is 1. The zero-order valence-corrected chi connectivity index (χ0v) is 8.93. The molecule has 4 heteroatoms. The van der Waals surface area contributed by atoms with Crippen LogP contribution in [0.2, 0.25) is 0 Å². The minimum atomic E-state index is -0.385. The van der Waals surface area contributed by atoms with Gasteiger partial charge in [0.1, 0.15) is 0 Å². The molecule has 0 aliphatic heterocycles. The normalized spacial score (nSPS) is 19.4. The molecule has 1 aliphatic rings. The topological polar surface area (TPSA) is 55.2 Å². The lowest BCUT2D eigenvalue weighted by Gasteiger charge is -2.18. The van der Waals surface area contributed by atoms with Gasteiger partial charge in [-0.05, 0) is 31.4 Å². The number of rotatable bonds is 3. The second-order valence-corrected chi connectivity index (χ2v) is 3.91. The Kier molecular flexibility index (Phi) is 3.19. The average molecular weight is 218 g/mol. The highest BCUT2D eigenvalue weighted by Gasteiger charge is 2.09. The first-order valence-corrected chi connectivity index (χ1v) is 5.43. The van der Waals surface area contributed by atoms with Gasteiger partial charge in [0.25, 0.3) is 5.69 Å². The maximum absolute atomic E-state index is 10.5. The van der Waals surface area contributed by atoms with E-state index in [1.165, 1.54) is 18.6 Å². The van der Waals surface area contributed by atoms with E-state index in [4.69, 9.17) is 0 Å². The van der Waals surface area contributed by atoms with Crippen molar-refractivity contribution >= 4 is 11.4 Å². The summed E-state index contributed by atoms with van der Waals surface area (Å²) in [4.78, 5) is 10.1. The molecule has 1 aliphatic carbocycles. The zero-order valence-electron chi connectivity index (χ0n) is 8.93. The third-order valence-electron chi connectivity index (χ3n) is 2.68. The molecule has 1 aromatic rings. The quantitative estimate of drug-likeness (QED) is 0.481. The molecule has 1 unspecified atom stereocenters. The van der Waals surface area contributed by atoms with Gasteiger partial charge in [-0.3, -0.25) is 10.1 Å². The van der Waals surface area contributed by atoms with E-state index in [0.29, 0.717) is 6.04 Å². The number of benzene rings is 1. The Hall–Kier alpha value is -1.84. The zero-order chi connectivity index (χ0) is 11.4. The highest BCUT2D eigenvalue weighted by molar-refractivity contribution is 5.49. The fourth-order valence-electron chi connectivity index (χ4n) is 1.83. The number of allylic oxidation sites excluding steroid dienone is 1. The molecule has 0 heterocycles. The van der Waals surface area contributed by atoms with Crippen molar-refractivity contribution in [3.8, 4) is 0 Å². The first-order chi connectivity index (χ1) is 7.75. The minimum Gasteiger partial charge on any atom is -0.379 e. The second-order valence-electron chi connectivity index (χ2n) is 3.91. The molecular weight excluding hydrogens is 204 g/mol. The van der Waals surface area contributed by atoms with Crippen molar-refractivity contribution in [2.24, 2.45) is 0 Å². The number of nitro benzene ring substituents is 1. The third-order valence-corrected chi connectivity index (χ3v) is 2.68. The van der Waals surface area contributed by atoms with Crippen LogP contribution >= 0.6 is 0 Å². The van der Waals surface area contributed by atoms with Gasteiger partial charge in [-0.1, -0.05) is 12.2 Å². The maximum atomic E-state index is 10.5. The van der Waals surface area contributed by atoms with Gasteiger partial charge in [0, 0.05) is 23.9 Å². The summed E-state index contributed by atoms with van der Waals surface area (Å²) >= 11 is 0. The Morgan fingerprint density at radius 3 is 2.62 bits per heavy atom. The molecule has 1 atom stereocenters. The summed E-state index contributed by atoms with van der Waals surface area (Å²) in [6, 6.07) is 6.90. The third kappa shape index (κ3) is 2.59. The first-order valence-electron chi connectivity index (χ1n) is 5.43. The predicted molar refractivity (Wildman–Crippen MR) is 63.5 cm³/mol. The second kappa shape index (κ2) is 4.79. The Labute approximate surface area is 94.1 Å². The number of nitrogens with one attached hydrogen (secondary N) is 1. The van der Waals surface area contributed by atoms with Crippen LogP contribution < -0.4 is 5.32 Å². The number of hydrogen-bond acceptors (Lipinski definition) is 3. The fourth-order valence-corrected chi connectivity index (χ4v) is 1.83. The van der Waals surface area contributed by atoms with Crippen LogP contribution in [0, 0.1) is 10.1 Å². The van der Waals surface area contributed by atoms with Crippen molar-refractivity contribution < 1.29 is 4.92 Å². The lowest BCUT2D eigenvalue weighted by molar-refractivity contribution is -0.384. The molecule has 0 fully saturated rings. The summed E-state index contributed by atoms with van der Waals surface area (Å²) < 4.78 is 0. The number of nitro groups is 1. The van der Waals surface area contributed by atoms with Gasteiger partial charge in [0.15, 0.2) is 0 Å². The lowest BCUT2D eigenvalue weighted by Crippen LogP contribution is -2.18. The van der Waals surface area contributed by atoms with E-state index < -0.39 is 0 Å². The molecule has 1 N–H and O–H groups in total. The molecule has 16 heavy (non-hydrogen) atoms. The summed E-state index contributed by atoms with van der Waals surface area (Å²) in [5, 5.41) is 13.8. The van der Waals surface area contributed by atoms with Crippen molar-refractivity contribution in [3.05, 3.63) is 46.5 Å². The van der Waals surface area contributed by atoms with Gasteiger partial charge in [-0.2, -0.15) is 0 Å². The van der Waals surface area contributed by atoms with Crippen LogP contribution in [-0.4, -0.2) is 11.0 Å². The highest BCUT2D eigenvalue weighted by atomic mass is 16.6. The summed E-state index contributed by atoms with van der Waals surface area (Å²) in [5.74, 6) is 0. The molecule has 0 aromatic heterocycles. The van der Waals surface area contributed by atoms with Crippen LogP contribution in [0.3, 0.4) is 0 Å². The summed E-state index contributed by atoms with van der Waals surface area (Å²) in [7, 11) is 0. The Bertz CT molecular complexity index is 398. The molecule has 0 amide bonds.